The zero-order chi connectivity index (χ0) is 36.7. The van der Waals surface area contributed by atoms with E-state index in [0.717, 1.165) is 5.57 Å². The molecule has 4 aliphatic rings. The smallest absolute Gasteiger partial charge is 0.311 e. The van der Waals surface area contributed by atoms with E-state index in [2.05, 4.69) is 0 Å². The van der Waals surface area contributed by atoms with Gasteiger partial charge in [-0.25, -0.2) is 0 Å². The second-order valence-corrected chi connectivity index (χ2v) is 16.1. The number of likely N-dealkylation sites (N-methyl/N-ethyl adjacent to an activating group) is 1. The van der Waals surface area contributed by atoms with E-state index >= 15 is 0 Å². The number of nitrogens with zero attached hydrogens (tertiary/aromatic N) is 1. The lowest BCUT2D eigenvalue weighted by Gasteiger charge is -2.48. The van der Waals surface area contributed by atoms with E-state index in [4.69, 9.17) is 33.2 Å². The molecule has 0 spiro atoms. The highest BCUT2D eigenvalue weighted by Crippen LogP contribution is 2.47. The average molecular weight is 700 g/mol. The largest absolute Gasteiger partial charge is 0.489 e. The molecule has 0 aromatic heterocycles. The van der Waals surface area contributed by atoms with Gasteiger partial charge in [0.2, 0.25) is 0 Å². The normalized spacial score (nSPS) is 48.8. The van der Waals surface area contributed by atoms with Crippen LogP contribution in [0.4, 0.5) is 0 Å². The van der Waals surface area contributed by atoms with Gasteiger partial charge in [0.25, 0.3) is 0 Å². The number of methoxy groups -OCH3 is 1. The van der Waals surface area contributed by atoms with Crippen molar-refractivity contribution in [3.63, 3.8) is 0 Å². The van der Waals surface area contributed by atoms with E-state index in [1.807, 2.05) is 74.4 Å². The third kappa shape index (κ3) is 8.18. The lowest BCUT2D eigenvalue weighted by molar-refractivity contribution is -0.316. The van der Waals surface area contributed by atoms with Gasteiger partial charge in [-0.15, -0.1) is 0 Å². The molecule has 0 aromatic rings. The zero-order valence-electron chi connectivity index (χ0n) is 32.0. The minimum absolute atomic E-state index is 0.183. The van der Waals surface area contributed by atoms with Crippen LogP contribution in [0.5, 0.6) is 0 Å². The molecule has 0 saturated carbocycles. The van der Waals surface area contributed by atoms with Crippen molar-refractivity contribution >= 4 is 5.97 Å². The molecule has 12 nitrogen and oxygen atoms in total. The Morgan fingerprint density at radius 3 is 2.18 bits per heavy atom. The summed E-state index contributed by atoms with van der Waals surface area (Å²) >= 11 is 0. The van der Waals surface area contributed by atoms with Gasteiger partial charge in [0.1, 0.15) is 35.8 Å². The molecule has 49 heavy (non-hydrogen) atoms. The molecule has 0 radical (unpaired) electrons. The first-order valence-electron chi connectivity index (χ1n) is 18.2. The summed E-state index contributed by atoms with van der Waals surface area (Å²) in [4.78, 5) is 16.1. The number of esters is 1. The molecule has 2 bridgehead atoms. The Kier molecular flexibility index (Phi) is 13.0. The fourth-order valence-corrected chi connectivity index (χ4v) is 8.67. The Labute approximate surface area is 293 Å². The number of carbonyl (C=O) groups excluding carboxylic acids is 1. The summed E-state index contributed by atoms with van der Waals surface area (Å²) in [5.74, 6) is -1.87. The molecule has 284 valence electrons. The summed E-state index contributed by atoms with van der Waals surface area (Å²) in [5.41, 5.74) is -0.930. The SMILES string of the molecule is CC[C@@H]1OC(=O)[C@H](C)[C@@H](O[C@H]2C[C@@](C)(OC)[C@@H](O)[C@H](C)O2)[C@H](C)[C@@H](O[C@@H]2O[C@H](C)C[C@H](N(C)C)[C@H]2O)[C@@]2(C)CC(C)=C(O2)[C@@H](C)[C@@H](O)[C@H]1C. The molecule has 0 amide bonds. The first-order valence-corrected chi connectivity index (χ1v) is 18.2. The van der Waals surface area contributed by atoms with E-state index in [0.29, 0.717) is 25.0 Å². The summed E-state index contributed by atoms with van der Waals surface area (Å²) in [6, 6.07) is -0.203. The molecule has 0 aliphatic carbocycles. The molecule has 12 heteroatoms. The number of hydrogen-bond acceptors (Lipinski definition) is 12. The van der Waals surface area contributed by atoms with E-state index < -0.39 is 84.3 Å². The number of rotatable bonds is 7. The van der Waals surface area contributed by atoms with Gasteiger partial charge in [0.15, 0.2) is 12.6 Å². The fourth-order valence-electron chi connectivity index (χ4n) is 8.67. The molecule has 3 saturated heterocycles. The van der Waals surface area contributed by atoms with Crippen molar-refractivity contribution in [3.05, 3.63) is 11.3 Å². The topological polar surface area (TPSA) is 146 Å². The van der Waals surface area contributed by atoms with Crippen LogP contribution in [-0.4, -0.2) is 126 Å². The minimum Gasteiger partial charge on any atom is -0.489 e. The van der Waals surface area contributed by atoms with Gasteiger partial charge in [0, 0.05) is 43.7 Å². The van der Waals surface area contributed by atoms with Crippen LogP contribution in [0.25, 0.3) is 0 Å². The van der Waals surface area contributed by atoms with Crippen molar-refractivity contribution in [2.75, 3.05) is 21.2 Å². The van der Waals surface area contributed by atoms with Crippen molar-refractivity contribution in [2.24, 2.45) is 23.7 Å². The van der Waals surface area contributed by atoms with Crippen LogP contribution in [0.3, 0.4) is 0 Å². The van der Waals surface area contributed by atoms with E-state index in [-0.39, 0.29) is 30.4 Å². The van der Waals surface area contributed by atoms with Crippen molar-refractivity contribution in [1.29, 1.82) is 0 Å². The summed E-state index contributed by atoms with van der Waals surface area (Å²) in [7, 11) is 5.40. The highest BCUT2D eigenvalue weighted by Gasteiger charge is 2.55. The van der Waals surface area contributed by atoms with Crippen molar-refractivity contribution in [3.8, 4) is 0 Å². The molecule has 4 aliphatic heterocycles. The molecule has 0 unspecified atom stereocenters. The monoisotopic (exact) mass is 699 g/mol. The Hall–Kier alpha value is -1.35. The maximum Gasteiger partial charge on any atom is 0.311 e. The van der Waals surface area contributed by atoms with Crippen LogP contribution < -0.4 is 0 Å². The minimum atomic E-state index is -0.989. The highest BCUT2D eigenvalue weighted by atomic mass is 16.7. The Morgan fingerprint density at radius 1 is 0.939 bits per heavy atom. The van der Waals surface area contributed by atoms with Gasteiger partial charge in [-0.05, 0) is 74.1 Å². The summed E-state index contributed by atoms with van der Waals surface area (Å²) < 4.78 is 45.0. The van der Waals surface area contributed by atoms with Crippen LogP contribution in [0.15, 0.2) is 11.3 Å². The standard InChI is InChI=1S/C37H65NO11/c1-14-26-20(4)28(39)21(5)30-18(2)16-37(10,49-30)33(48-35-29(40)25(38(11)12)15-19(3)44-35)22(6)31(23(7)34(42)46-26)47-27-17-36(9,43-13)32(41)24(8)45-27/h19-29,31-33,35,39-41H,14-17H2,1-13H3/t19-,20+,21+,22+,23-,24+,25+,26+,27+,28+,29-,31+,32+,33-,35+,36-,37-/m1/s1. The molecule has 3 N–H and O–H groups in total. The molecule has 17 atom stereocenters. The molecule has 0 aromatic carbocycles. The summed E-state index contributed by atoms with van der Waals surface area (Å²) in [6.45, 7) is 19.0. The van der Waals surface area contributed by atoms with Crippen molar-refractivity contribution in [1.82, 2.24) is 4.90 Å². The number of fused-ring (bicyclic) bond motifs is 2. The maximum atomic E-state index is 14.1. The Bertz CT molecular complexity index is 1170. The van der Waals surface area contributed by atoms with Crippen LogP contribution in [-0.2, 0) is 38.0 Å². The molecular formula is C37H65NO11. The van der Waals surface area contributed by atoms with Crippen molar-refractivity contribution in [2.45, 2.75) is 174 Å². The van der Waals surface area contributed by atoms with Gasteiger partial charge < -0.3 is 53.4 Å². The predicted molar refractivity (Wildman–Crippen MR) is 182 cm³/mol. The van der Waals surface area contributed by atoms with Crippen LogP contribution in [0.2, 0.25) is 0 Å². The van der Waals surface area contributed by atoms with E-state index in [1.165, 1.54) is 0 Å². The quantitative estimate of drug-likeness (QED) is 0.333. The van der Waals surface area contributed by atoms with Gasteiger partial charge in [-0.2, -0.15) is 0 Å². The average Bonchev–Trinajstić information content (AvgIpc) is 3.36. The number of aliphatic hydroxyl groups excluding tert-OH is 3. The third-order valence-electron chi connectivity index (χ3n) is 11.9. The summed E-state index contributed by atoms with van der Waals surface area (Å²) in [5, 5.41) is 34.1. The molecule has 4 rings (SSSR count). The van der Waals surface area contributed by atoms with Crippen LogP contribution in [0, 0.1) is 23.7 Å². The van der Waals surface area contributed by atoms with Crippen LogP contribution in [0.1, 0.15) is 94.9 Å². The lowest BCUT2D eigenvalue weighted by Crippen LogP contribution is -2.60. The first-order chi connectivity index (χ1) is 22.8. The molecule has 3 fully saturated rings. The first kappa shape index (κ1) is 40.4. The summed E-state index contributed by atoms with van der Waals surface area (Å²) in [6.07, 6.45) is -5.56. The second kappa shape index (κ2) is 15.7. The fraction of sp³-hybridized carbons (Fsp3) is 0.919. The van der Waals surface area contributed by atoms with Gasteiger partial charge in [0.05, 0.1) is 35.9 Å². The second-order valence-electron chi connectivity index (χ2n) is 16.1. The van der Waals surface area contributed by atoms with E-state index in [9.17, 15) is 20.1 Å². The van der Waals surface area contributed by atoms with Crippen LogP contribution >= 0.6 is 0 Å². The Morgan fingerprint density at radius 2 is 1.59 bits per heavy atom. The molecular weight excluding hydrogens is 634 g/mol. The third-order valence-corrected chi connectivity index (χ3v) is 11.9. The van der Waals surface area contributed by atoms with Gasteiger partial charge >= 0.3 is 5.97 Å². The van der Waals surface area contributed by atoms with E-state index in [1.54, 1.807) is 21.0 Å². The maximum absolute atomic E-state index is 14.1. The van der Waals surface area contributed by atoms with Gasteiger partial charge in [-0.1, -0.05) is 27.7 Å². The predicted octanol–water partition coefficient (Wildman–Crippen LogP) is 3.78. The number of ether oxygens (including phenoxy) is 7. The lowest BCUT2D eigenvalue weighted by atomic mass is 9.79. The number of hydrogen-bond donors (Lipinski definition) is 3. The van der Waals surface area contributed by atoms with Crippen molar-refractivity contribution < 1.29 is 53.3 Å². The Balaban J connectivity index is 1.82. The number of aliphatic hydroxyl groups is 3. The molecule has 4 heterocycles. The number of carbonyl (C=O) groups is 1. The zero-order valence-corrected chi connectivity index (χ0v) is 32.0. The van der Waals surface area contributed by atoms with Gasteiger partial charge in [-0.3, -0.25) is 4.79 Å². The highest BCUT2D eigenvalue weighted by molar-refractivity contribution is 5.73. The number of cyclic esters (lactones) is 1.